The van der Waals surface area contributed by atoms with Crippen molar-refractivity contribution < 1.29 is 19.0 Å². The predicted molar refractivity (Wildman–Crippen MR) is 123 cm³/mol. The van der Waals surface area contributed by atoms with Gasteiger partial charge in [0.25, 0.3) is 0 Å². The van der Waals surface area contributed by atoms with Crippen LogP contribution >= 0.6 is 11.8 Å². The fraction of sp³-hybridized carbons (Fsp3) is 0.625. The molecule has 2 saturated heterocycles. The zero-order valence-electron chi connectivity index (χ0n) is 18.9. The number of epoxide rings is 2. The smallest absolute Gasteiger partial charge is 0.230 e. The molecule has 1 amide bonds. The Morgan fingerprint density at radius 3 is 2.68 bits per heavy atom. The molecule has 0 aromatic heterocycles. The third kappa shape index (κ3) is 4.80. The number of rotatable bonds is 8. The monoisotopic (exact) mass is 446 g/mol. The van der Waals surface area contributed by atoms with Crippen LogP contribution in [0.1, 0.15) is 40.0 Å². The van der Waals surface area contributed by atoms with Crippen molar-refractivity contribution in [2.24, 2.45) is 5.92 Å². The maximum absolute atomic E-state index is 12.7. The van der Waals surface area contributed by atoms with Gasteiger partial charge < -0.3 is 25.3 Å². The second-order valence-electron chi connectivity index (χ2n) is 9.41. The number of hydrogen-bond donors (Lipinski definition) is 2. The second kappa shape index (κ2) is 8.77. The van der Waals surface area contributed by atoms with Gasteiger partial charge in [-0.2, -0.15) is 0 Å². The number of nitrogen functional groups attached to an aromatic ring is 1. The number of allylic oxidation sites excluding steroid dienone is 1. The maximum Gasteiger partial charge on any atom is 0.230 e. The largest absolute Gasteiger partial charge is 0.399 e. The summed E-state index contributed by atoms with van der Waals surface area (Å²) in [4.78, 5) is 13.7. The zero-order valence-corrected chi connectivity index (χ0v) is 19.7. The standard InChI is InChI=1S/C24H34N2O4S/c1-15(2)5-10-19-23(3,30-19)22-21(28-4)18(11-12-24(22)14-29-24)26-20(27)13-31-17-8-6-16(25)7-9-17/h5-9,18-19,21-22H,10-14,25H2,1-4H3,(H,26,27)/t18-,19-,21-,22-,23+,24+/m1/s1. The van der Waals surface area contributed by atoms with Crippen molar-refractivity contribution >= 4 is 23.4 Å². The summed E-state index contributed by atoms with van der Waals surface area (Å²) in [7, 11) is 1.73. The van der Waals surface area contributed by atoms with Crippen LogP contribution in [0.4, 0.5) is 5.69 Å². The summed E-state index contributed by atoms with van der Waals surface area (Å²) in [5.74, 6) is 0.479. The van der Waals surface area contributed by atoms with Gasteiger partial charge in [-0.05, 0) is 64.3 Å². The molecule has 1 aromatic rings. The van der Waals surface area contributed by atoms with Crippen molar-refractivity contribution in [3.8, 4) is 0 Å². The summed E-state index contributed by atoms with van der Waals surface area (Å²) in [5, 5.41) is 3.23. The van der Waals surface area contributed by atoms with Gasteiger partial charge in [-0.1, -0.05) is 11.6 Å². The van der Waals surface area contributed by atoms with Gasteiger partial charge in [-0.15, -0.1) is 11.8 Å². The van der Waals surface area contributed by atoms with Crippen molar-refractivity contribution in [2.45, 2.75) is 74.4 Å². The van der Waals surface area contributed by atoms with E-state index in [1.165, 1.54) is 17.3 Å². The van der Waals surface area contributed by atoms with E-state index in [2.05, 4.69) is 32.2 Å². The molecule has 3 aliphatic rings. The van der Waals surface area contributed by atoms with Gasteiger partial charge >= 0.3 is 0 Å². The minimum absolute atomic E-state index is 0.0169. The molecule has 1 saturated carbocycles. The molecule has 2 aliphatic heterocycles. The number of nitrogens with one attached hydrogen (secondary N) is 1. The molecule has 1 aliphatic carbocycles. The number of anilines is 1. The Bertz CT molecular complexity index is 834. The summed E-state index contributed by atoms with van der Waals surface area (Å²) in [6, 6.07) is 7.53. The molecule has 7 heteroatoms. The number of hydrogen-bond acceptors (Lipinski definition) is 6. The highest BCUT2D eigenvalue weighted by Gasteiger charge is 2.71. The van der Waals surface area contributed by atoms with Crippen LogP contribution < -0.4 is 11.1 Å². The number of benzene rings is 1. The Hall–Kier alpha value is -1.54. The first-order chi connectivity index (χ1) is 14.8. The fourth-order valence-electron chi connectivity index (χ4n) is 5.10. The molecule has 0 unspecified atom stereocenters. The van der Waals surface area contributed by atoms with Crippen LogP contribution in [0.2, 0.25) is 0 Å². The Balaban J connectivity index is 1.40. The molecule has 2 heterocycles. The van der Waals surface area contributed by atoms with Crippen molar-refractivity contribution in [1.29, 1.82) is 0 Å². The number of carbonyl (C=O) groups is 1. The van der Waals surface area contributed by atoms with Crippen LogP contribution in [-0.2, 0) is 19.0 Å². The summed E-state index contributed by atoms with van der Waals surface area (Å²) in [6.45, 7) is 7.15. The molecule has 3 fully saturated rings. The molecule has 3 N–H and O–H groups in total. The van der Waals surface area contributed by atoms with E-state index in [9.17, 15) is 4.79 Å². The highest BCUT2D eigenvalue weighted by molar-refractivity contribution is 8.00. The van der Waals surface area contributed by atoms with Crippen LogP contribution in [0.25, 0.3) is 0 Å². The number of thioether (sulfide) groups is 1. The van der Waals surface area contributed by atoms with Crippen LogP contribution in [-0.4, -0.2) is 54.8 Å². The minimum atomic E-state index is -0.286. The Morgan fingerprint density at radius 1 is 1.35 bits per heavy atom. The zero-order chi connectivity index (χ0) is 22.2. The summed E-state index contributed by atoms with van der Waals surface area (Å²) in [5.41, 5.74) is 7.30. The second-order valence-corrected chi connectivity index (χ2v) is 10.5. The van der Waals surface area contributed by atoms with Crippen LogP contribution in [0.5, 0.6) is 0 Å². The van der Waals surface area contributed by atoms with E-state index >= 15 is 0 Å². The summed E-state index contributed by atoms with van der Waals surface area (Å²) < 4.78 is 18.2. The molecule has 0 radical (unpaired) electrons. The molecule has 0 bridgehead atoms. The van der Waals surface area contributed by atoms with Crippen molar-refractivity contribution in [2.75, 3.05) is 25.2 Å². The normalized spacial score (nSPS) is 36.1. The van der Waals surface area contributed by atoms with E-state index in [4.69, 9.17) is 19.9 Å². The van der Waals surface area contributed by atoms with Crippen LogP contribution in [0.15, 0.2) is 40.8 Å². The molecule has 6 nitrogen and oxygen atoms in total. The molecule has 1 aromatic carbocycles. The van der Waals surface area contributed by atoms with Crippen LogP contribution in [0.3, 0.4) is 0 Å². The number of nitrogens with two attached hydrogens (primary N) is 1. The van der Waals surface area contributed by atoms with Gasteiger partial charge in [0.1, 0.15) is 5.60 Å². The van der Waals surface area contributed by atoms with Crippen molar-refractivity contribution in [3.05, 3.63) is 35.9 Å². The lowest BCUT2D eigenvalue weighted by atomic mass is 9.67. The van der Waals surface area contributed by atoms with E-state index in [1.54, 1.807) is 7.11 Å². The van der Waals surface area contributed by atoms with Crippen molar-refractivity contribution in [1.82, 2.24) is 5.32 Å². The molecular formula is C24H34N2O4S. The highest BCUT2D eigenvalue weighted by Crippen LogP contribution is 2.59. The quantitative estimate of drug-likeness (QED) is 0.275. The topological polar surface area (TPSA) is 89.4 Å². The lowest BCUT2D eigenvalue weighted by Gasteiger charge is -2.43. The van der Waals surface area contributed by atoms with E-state index in [0.717, 1.165) is 36.5 Å². The van der Waals surface area contributed by atoms with E-state index in [1.807, 2.05) is 24.3 Å². The third-order valence-corrected chi connectivity index (χ3v) is 7.90. The average molecular weight is 447 g/mol. The van der Waals surface area contributed by atoms with Gasteiger partial charge in [-0.3, -0.25) is 4.79 Å². The minimum Gasteiger partial charge on any atom is -0.399 e. The first-order valence-corrected chi connectivity index (χ1v) is 12.0. The molecule has 6 atom stereocenters. The summed E-state index contributed by atoms with van der Waals surface area (Å²) in [6.07, 6.45) is 4.93. The highest BCUT2D eigenvalue weighted by atomic mass is 32.2. The SMILES string of the molecule is CO[C@@H]1[C@H](NC(=O)CSc2ccc(N)cc2)CC[C@]2(CO2)[C@H]1[C@@]1(C)O[C@@H]1CC=C(C)C. The first-order valence-electron chi connectivity index (χ1n) is 11.0. The van der Waals surface area contributed by atoms with Gasteiger partial charge in [0.05, 0.1) is 36.2 Å². The lowest BCUT2D eigenvalue weighted by molar-refractivity contribution is -0.123. The van der Waals surface area contributed by atoms with Gasteiger partial charge in [0.15, 0.2) is 0 Å². The van der Waals surface area contributed by atoms with E-state index in [0.29, 0.717) is 5.75 Å². The maximum atomic E-state index is 12.7. The number of carbonyl (C=O) groups excluding carboxylic acids is 1. The number of ether oxygens (including phenoxy) is 3. The molecule has 31 heavy (non-hydrogen) atoms. The number of amides is 1. The van der Waals surface area contributed by atoms with Gasteiger partial charge in [-0.25, -0.2) is 0 Å². The Morgan fingerprint density at radius 2 is 2.06 bits per heavy atom. The molecule has 4 rings (SSSR count). The van der Waals surface area contributed by atoms with Crippen LogP contribution in [0, 0.1) is 5.92 Å². The third-order valence-electron chi connectivity index (χ3n) is 6.89. The van der Waals surface area contributed by atoms with E-state index in [-0.39, 0.29) is 41.3 Å². The van der Waals surface area contributed by atoms with Gasteiger partial charge in [0.2, 0.25) is 5.91 Å². The lowest BCUT2D eigenvalue weighted by Crippen LogP contribution is -2.59. The van der Waals surface area contributed by atoms with Crippen molar-refractivity contribution in [3.63, 3.8) is 0 Å². The molecule has 170 valence electrons. The van der Waals surface area contributed by atoms with E-state index < -0.39 is 0 Å². The molecular weight excluding hydrogens is 412 g/mol. The summed E-state index contributed by atoms with van der Waals surface area (Å²) >= 11 is 1.51. The fourth-order valence-corrected chi connectivity index (χ4v) is 5.81. The predicted octanol–water partition coefficient (Wildman–Crippen LogP) is 3.55. The van der Waals surface area contributed by atoms with Gasteiger partial charge in [0, 0.05) is 23.6 Å². The average Bonchev–Trinajstić information content (AvgIpc) is 3.65. The Labute approximate surface area is 189 Å². The number of methoxy groups -OCH3 is 1. The first kappa shape index (κ1) is 22.6. The molecule has 1 spiro atoms. The Kier molecular flexibility index (Phi) is 6.41.